The Kier molecular flexibility index (Phi) is 5.61. The fourth-order valence-electron chi connectivity index (χ4n) is 3.34. The summed E-state index contributed by atoms with van der Waals surface area (Å²) in [6, 6.07) is 9.24. The van der Waals surface area contributed by atoms with E-state index in [-0.39, 0.29) is 12.6 Å². The summed E-state index contributed by atoms with van der Waals surface area (Å²) in [5.74, 6) is -1.02. The van der Waals surface area contributed by atoms with E-state index < -0.39 is 17.4 Å². The first-order chi connectivity index (χ1) is 12.5. The quantitative estimate of drug-likeness (QED) is 0.579. The van der Waals surface area contributed by atoms with Crippen LogP contribution in [0.15, 0.2) is 34.7 Å². The average molecular weight is 358 g/mol. The Bertz CT molecular complexity index is 740. The molecule has 0 aliphatic heterocycles. The predicted molar refractivity (Wildman–Crippen MR) is 98.4 cm³/mol. The molecule has 2 amide bonds. The number of nitrogens with one attached hydrogen (secondary N) is 2. The summed E-state index contributed by atoms with van der Waals surface area (Å²) in [7, 11) is 0. The number of benzene rings is 1. The zero-order chi connectivity index (χ0) is 18.6. The molecule has 6 nitrogen and oxygen atoms in total. The van der Waals surface area contributed by atoms with E-state index in [2.05, 4.69) is 10.6 Å². The standard InChI is InChI=1S/C20H26N2O4/c1-20(25,17-12-14-8-6-7-11-16(14)26-17)13-21-18(23)19(24)22-15-9-4-2-3-5-10-15/h6-8,11-12,15,25H,2-5,9-10,13H2,1H3,(H,21,23)(H,22,24). The van der Waals surface area contributed by atoms with Crippen LogP contribution in [0.5, 0.6) is 0 Å². The molecule has 1 aliphatic rings. The second kappa shape index (κ2) is 7.91. The molecule has 3 rings (SSSR count). The molecule has 1 heterocycles. The molecular formula is C20H26N2O4. The number of amides is 2. The molecule has 0 bridgehead atoms. The molecule has 140 valence electrons. The third kappa shape index (κ3) is 4.43. The monoisotopic (exact) mass is 358 g/mol. The van der Waals surface area contributed by atoms with Crippen molar-refractivity contribution in [2.45, 2.75) is 57.1 Å². The first-order valence-corrected chi connectivity index (χ1v) is 9.26. The van der Waals surface area contributed by atoms with Crippen LogP contribution >= 0.6 is 0 Å². The Balaban J connectivity index is 1.56. The van der Waals surface area contributed by atoms with Gasteiger partial charge in [0, 0.05) is 11.4 Å². The largest absolute Gasteiger partial charge is 0.458 e. The van der Waals surface area contributed by atoms with Crippen molar-refractivity contribution < 1.29 is 19.1 Å². The molecule has 2 aromatic rings. The van der Waals surface area contributed by atoms with Crippen LogP contribution in [0.3, 0.4) is 0 Å². The van der Waals surface area contributed by atoms with Crippen LogP contribution in [0.2, 0.25) is 0 Å². The fourth-order valence-corrected chi connectivity index (χ4v) is 3.34. The smallest absolute Gasteiger partial charge is 0.309 e. The highest BCUT2D eigenvalue weighted by Gasteiger charge is 2.29. The van der Waals surface area contributed by atoms with Gasteiger partial charge in [0.1, 0.15) is 16.9 Å². The Hall–Kier alpha value is -2.34. The molecule has 0 spiro atoms. The van der Waals surface area contributed by atoms with Gasteiger partial charge < -0.3 is 20.2 Å². The third-order valence-electron chi connectivity index (χ3n) is 4.95. The molecule has 6 heteroatoms. The minimum Gasteiger partial charge on any atom is -0.458 e. The van der Waals surface area contributed by atoms with Gasteiger partial charge in [-0.25, -0.2) is 0 Å². The molecule has 1 aliphatic carbocycles. The number of carbonyl (C=O) groups is 2. The van der Waals surface area contributed by atoms with Crippen LogP contribution in [0.4, 0.5) is 0 Å². The number of hydrogen-bond acceptors (Lipinski definition) is 4. The van der Waals surface area contributed by atoms with Gasteiger partial charge in [-0.3, -0.25) is 9.59 Å². The van der Waals surface area contributed by atoms with Crippen molar-refractivity contribution in [3.8, 4) is 0 Å². The van der Waals surface area contributed by atoms with Crippen molar-refractivity contribution >= 4 is 22.8 Å². The number of para-hydroxylation sites is 1. The van der Waals surface area contributed by atoms with Crippen molar-refractivity contribution in [1.82, 2.24) is 10.6 Å². The second-order valence-corrected chi connectivity index (χ2v) is 7.27. The number of rotatable bonds is 4. The molecule has 26 heavy (non-hydrogen) atoms. The first kappa shape index (κ1) is 18.5. The van der Waals surface area contributed by atoms with Crippen LogP contribution in [-0.2, 0) is 15.2 Å². The highest BCUT2D eigenvalue weighted by atomic mass is 16.4. The van der Waals surface area contributed by atoms with E-state index in [9.17, 15) is 14.7 Å². The van der Waals surface area contributed by atoms with Gasteiger partial charge in [0.05, 0.1) is 6.54 Å². The van der Waals surface area contributed by atoms with Crippen molar-refractivity contribution in [3.63, 3.8) is 0 Å². The molecule has 1 aromatic carbocycles. The number of carbonyl (C=O) groups excluding carboxylic acids is 2. The Morgan fingerprint density at radius 1 is 1.15 bits per heavy atom. The normalized spacial score (nSPS) is 18.1. The van der Waals surface area contributed by atoms with Crippen molar-refractivity contribution in [2.75, 3.05) is 6.54 Å². The predicted octanol–water partition coefficient (Wildman–Crippen LogP) is 2.60. The van der Waals surface area contributed by atoms with E-state index in [0.717, 1.165) is 31.1 Å². The summed E-state index contributed by atoms with van der Waals surface area (Å²) >= 11 is 0. The molecule has 0 radical (unpaired) electrons. The minimum atomic E-state index is -1.41. The van der Waals surface area contributed by atoms with Gasteiger partial charge in [-0.15, -0.1) is 0 Å². The van der Waals surface area contributed by atoms with Gasteiger partial charge in [-0.05, 0) is 31.9 Å². The van der Waals surface area contributed by atoms with Crippen LogP contribution in [-0.4, -0.2) is 29.5 Å². The SMILES string of the molecule is CC(O)(CNC(=O)C(=O)NC1CCCCCC1)c1cc2ccccc2o1. The van der Waals surface area contributed by atoms with Crippen molar-refractivity contribution in [3.05, 3.63) is 36.1 Å². The molecule has 1 saturated carbocycles. The van der Waals surface area contributed by atoms with Crippen LogP contribution in [0, 0.1) is 0 Å². The molecular weight excluding hydrogens is 332 g/mol. The van der Waals surface area contributed by atoms with Gasteiger partial charge >= 0.3 is 11.8 Å². The van der Waals surface area contributed by atoms with E-state index in [1.807, 2.05) is 24.3 Å². The summed E-state index contributed by atoms with van der Waals surface area (Å²) in [5, 5.41) is 16.8. The van der Waals surface area contributed by atoms with Gasteiger partial charge in [-0.2, -0.15) is 0 Å². The lowest BCUT2D eigenvalue weighted by molar-refractivity contribution is -0.140. The van der Waals surface area contributed by atoms with Crippen LogP contribution in [0.1, 0.15) is 51.2 Å². The lowest BCUT2D eigenvalue weighted by Crippen LogP contribution is -2.47. The number of fused-ring (bicyclic) bond motifs is 1. The van der Waals surface area contributed by atoms with Crippen molar-refractivity contribution in [1.29, 1.82) is 0 Å². The fraction of sp³-hybridized carbons (Fsp3) is 0.500. The second-order valence-electron chi connectivity index (χ2n) is 7.27. The molecule has 1 unspecified atom stereocenters. The van der Waals surface area contributed by atoms with E-state index in [1.165, 1.54) is 12.8 Å². The maximum absolute atomic E-state index is 12.1. The maximum atomic E-state index is 12.1. The van der Waals surface area contributed by atoms with E-state index in [4.69, 9.17) is 4.42 Å². The maximum Gasteiger partial charge on any atom is 0.309 e. The Morgan fingerprint density at radius 2 is 1.85 bits per heavy atom. The summed E-state index contributed by atoms with van der Waals surface area (Å²) in [5.41, 5.74) is -0.739. The Labute approximate surface area is 152 Å². The highest BCUT2D eigenvalue weighted by Crippen LogP contribution is 2.27. The van der Waals surface area contributed by atoms with Crippen LogP contribution < -0.4 is 10.6 Å². The molecule has 0 saturated heterocycles. The lowest BCUT2D eigenvalue weighted by Gasteiger charge is -2.21. The average Bonchev–Trinajstić information content (AvgIpc) is 2.92. The minimum absolute atomic E-state index is 0.0617. The number of aliphatic hydroxyl groups is 1. The zero-order valence-corrected chi connectivity index (χ0v) is 15.1. The summed E-state index contributed by atoms with van der Waals surface area (Å²) in [6.07, 6.45) is 6.34. The summed E-state index contributed by atoms with van der Waals surface area (Å²) in [4.78, 5) is 24.2. The van der Waals surface area contributed by atoms with E-state index >= 15 is 0 Å². The van der Waals surface area contributed by atoms with Gasteiger partial charge in [0.15, 0.2) is 0 Å². The number of hydrogen-bond donors (Lipinski definition) is 3. The third-order valence-corrected chi connectivity index (χ3v) is 4.95. The van der Waals surface area contributed by atoms with Crippen molar-refractivity contribution in [2.24, 2.45) is 0 Å². The van der Waals surface area contributed by atoms with Gasteiger partial charge in [-0.1, -0.05) is 43.9 Å². The highest BCUT2D eigenvalue weighted by molar-refractivity contribution is 6.35. The first-order valence-electron chi connectivity index (χ1n) is 9.26. The van der Waals surface area contributed by atoms with Crippen LogP contribution in [0.25, 0.3) is 11.0 Å². The van der Waals surface area contributed by atoms with E-state index in [1.54, 1.807) is 13.0 Å². The summed E-state index contributed by atoms with van der Waals surface area (Å²) < 4.78 is 5.66. The Morgan fingerprint density at radius 3 is 2.54 bits per heavy atom. The van der Waals surface area contributed by atoms with Gasteiger partial charge in [0.2, 0.25) is 0 Å². The number of furan rings is 1. The summed E-state index contributed by atoms with van der Waals surface area (Å²) in [6.45, 7) is 1.44. The lowest BCUT2D eigenvalue weighted by atomic mass is 10.0. The molecule has 1 fully saturated rings. The van der Waals surface area contributed by atoms with E-state index in [0.29, 0.717) is 11.3 Å². The van der Waals surface area contributed by atoms with Gasteiger partial charge in [0.25, 0.3) is 0 Å². The molecule has 1 aromatic heterocycles. The molecule has 1 atom stereocenters. The molecule has 3 N–H and O–H groups in total. The zero-order valence-electron chi connectivity index (χ0n) is 15.1. The topological polar surface area (TPSA) is 91.6 Å².